The van der Waals surface area contributed by atoms with E-state index in [2.05, 4.69) is 6.58 Å². The molecule has 12 heteroatoms. The van der Waals surface area contributed by atoms with Gasteiger partial charge in [0.1, 0.15) is 42.4 Å². The fraction of sp³-hybridized carbons (Fsp3) is 0.581. The summed E-state index contributed by atoms with van der Waals surface area (Å²) in [5.74, 6) is -0.814. The van der Waals surface area contributed by atoms with E-state index in [9.17, 15) is 35.4 Å². The van der Waals surface area contributed by atoms with Crippen molar-refractivity contribution in [3.05, 3.63) is 60.2 Å². The van der Waals surface area contributed by atoms with Crippen molar-refractivity contribution in [3.8, 4) is 5.75 Å². The Morgan fingerprint density at radius 3 is 2.28 bits per heavy atom. The lowest BCUT2D eigenvalue weighted by Gasteiger charge is -2.47. The summed E-state index contributed by atoms with van der Waals surface area (Å²) in [6.45, 7) is 10.3. The van der Waals surface area contributed by atoms with Gasteiger partial charge in [-0.1, -0.05) is 29.9 Å². The number of rotatable bonds is 12. The predicted molar refractivity (Wildman–Crippen MR) is 154 cm³/mol. The normalized spacial score (nSPS) is 34.3. The number of allylic oxidation sites excluding steroid dienone is 2. The number of carbonyl (C=O) groups is 1. The van der Waals surface area contributed by atoms with Crippen molar-refractivity contribution in [1.82, 2.24) is 0 Å². The van der Waals surface area contributed by atoms with E-state index < -0.39 is 79.6 Å². The van der Waals surface area contributed by atoms with Gasteiger partial charge in [-0.25, -0.2) is 4.79 Å². The van der Waals surface area contributed by atoms with Crippen LogP contribution in [0, 0.1) is 0 Å². The zero-order chi connectivity index (χ0) is 31.9. The molecule has 0 amide bonds. The number of phenolic OH excluding ortho intramolecular Hbond substituents is 1. The third-order valence-corrected chi connectivity index (χ3v) is 7.46. The minimum Gasteiger partial charge on any atom is -0.508 e. The number of aromatic hydroxyl groups is 1. The van der Waals surface area contributed by atoms with Crippen LogP contribution in [0.3, 0.4) is 0 Å². The Kier molecular flexibility index (Phi) is 12.5. The molecule has 12 nitrogen and oxygen atoms in total. The monoisotopic (exact) mass is 608 g/mol. The van der Waals surface area contributed by atoms with Gasteiger partial charge in [-0.05, 0) is 64.3 Å². The maximum absolute atomic E-state index is 12.9. The van der Waals surface area contributed by atoms with E-state index >= 15 is 0 Å². The van der Waals surface area contributed by atoms with Crippen LogP contribution in [-0.2, 0) is 28.5 Å². The van der Waals surface area contributed by atoms with E-state index in [-0.39, 0.29) is 5.75 Å². The largest absolute Gasteiger partial charge is 0.508 e. The number of carbonyl (C=O) groups excluding carboxylic acids is 1. The van der Waals surface area contributed by atoms with Crippen molar-refractivity contribution in [1.29, 1.82) is 0 Å². The molecule has 11 atom stereocenters. The summed E-state index contributed by atoms with van der Waals surface area (Å²) in [7, 11) is 0. The molecule has 1 aromatic rings. The molecule has 0 bridgehead atoms. The van der Waals surface area contributed by atoms with Crippen molar-refractivity contribution >= 4 is 12.0 Å². The van der Waals surface area contributed by atoms with Crippen molar-refractivity contribution in [2.75, 3.05) is 6.61 Å². The molecule has 2 heterocycles. The van der Waals surface area contributed by atoms with Gasteiger partial charge in [-0.2, -0.15) is 0 Å². The molecule has 2 saturated heterocycles. The lowest BCUT2D eigenvalue weighted by Crippen LogP contribution is -2.65. The molecule has 2 aliphatic heterocycles. The van der Waals surface area contributed by atoms with Gasteiger partial charge in [0, 0.05) is 6.08 Å². The van der Waals surface area contributed by atoms with E-state index in [1.165, 1.54) is 25.1 Å². The Hall–Kier alpha value is -2.65. The standard InChI is InChI=1S/C31H44O12/c1-6-31(5,15-7-8-17(2)3)43-30-26(38)28(42-29-25(37)24(36)23(35)18(4)39-29)27(21(16-32)40-30)41-22(34)14-11-19-9-12-20(33)13-10-19/h6,8-14,18,21,23-30,32-33,35-38H,1,7,15-16H2,2-5H3/b14-11+/t18-,21+,23-,24+,25+,26+,27+,28+,29?,30-,31?/m0/s1. The number of hydrogen-bond acceptors (Lipinski definition) is 12. The second-order valence-corrected chi connectivity index (χ2v) is 11.3. The summed E-state index contributed by atoms with van der Waals surface area (Å²) in [5, 5.41) is 62.1. The van der Waals surface area contributed by atoms with Gasteiger partial charge in [-0.15, -0.1) is 6.58 Å². The lowest BCUT2D eigenvalue weighted by atomic mass is 9.95. The van der Waals surface area contributed by atoms with Gasteiger partial charge in [0.05, 0.1) is 18.3 Å². The first kappa shape index (κ1) is 34.8. The van der Waals surface area contributed by atoms with Crippen molar-refractivity contribution in [2.45, 2.75) is 108 Å². The van der Waals surface area contributed by atoms with Crippen LogP contribution in [0.15, 0.2) is 54.6 Å². The van der Waals surface area contributed by atoms with Crippen LogP contribution in [0.2, 0.25) is 0 Å². The van der Waals surface area contributed by atoms with Gasteiger partial charge in [0.25, 0.3) is 0 Å². The average Bonchev–Trinajstić information content (AvgIpc) is 2.97. The Morgan fingerprint density at radius 1 is 1.00 bits per heavy atom. The van der Waals surface area contributed by atoms with Crippen molar-refractivity contribution < 1.29 is 59.1 Å². The number of benzene rings is 1. The zero-order valence-electron chi connectivity index (χ0n) is 24.9. The van der Waals surface area contributed by atoms with Gasteiger partial charge in [0.2, 0.25) is 0 Å². The number of hydrogen-bond donors (Lipinski definition) is 6. The average molecular weight is 609 g/mol. The molecule has 43 heavy (non-hydrogen) atoms. The molecular weight excluding hydrogens is 564 g/mol. The van der Waals surface area contributed by atoms with Crippen LogP contribution in [0.25, 0.3) is 6.08 Å². The van der Waals surface area contributed by atoms with E-state index in [1.807, 2.05) is 19.9 Å². The Labute approximate surface area is 251 Å². The predicted octanol–water partition coefficient (Wildman–Crippen LogP) is 1.32. The summed E-state index contributed by atoms with van der Waals surface area (Å²) in [6, 6.07) is 6.04. The molecule has 0 saturated carbocycles. The van der Waals surface area contributed by atoms with E-state index in [4.69, 9.17) is 23.7 Å². The molecule has 1 aromatic carbocycles. The summed E-state index contributed by atoms with van der Waals surface area (Å²) in [6.07, 6.45) is -7.17. The highest BCUT2D eigenvalue weighted by Gasteiger charge is 2.53. The van der Waals surface area contributed by atoms with Crippen molar-refractivity contribution in [2.24, 2.45) is 0 Å². The zero-order valence-corrected chi connectivity index (χ0v) is 24.9. The highest BCUT2D eigenvalue weighted by molar-refractivity contribution is 5.87. The smallest absolute Gasteiger partial charge is 0.331 e. The lowest BCUT2D eigenvalue weighted by molar-refractivity contribution is -0.364. The summed E-state index contributed by atoms with van der Waals surface area (Å²) in [4.78, 5) is 12.9. The van der Waals surface area contributed by atoms with Gasteiger partial charge >= 0.3 is 5.97 Å². The number of phenols is 1. The fourth-order valence-corrected chi connectivity index (χ4v) is 4.76. The molecule has 6 N–H and O–H groups in total. The quantitative estimate of drug-likeness (QED) is 0.114. The summed E-state index contributed by atoms with van der Waals surface area (Å²) < 4.78 is 29.1. The topological polar surface area (TPSA) is 185 Å². The molecule has 2 unspecified atom stereocenters. The van der Waals surface area contributed by atoms with Crippen molar-refractivity contribution in [3.63, 3.8) is 0 Å². The number of aliphatic hydroxyl groups is 5. The SMILES string of the molecule is C=CC(C)(CCC=C(C)C)O[C@@H]1O[C@H](CO)[C@@H](OC(=O)/C=C/c2ccc(O)cc2)[C@H](OC2O[C@@H](C)[C@H](O)[C@@H](O)[C@H]2O)[C@H]1O. The molecule has 0 radical (unpaired) electrons. The first-order valence-corrected chi connectivity index (χ1v) is 14.2. The maximum atomic E-state index is 12.9. The minimum absolute atomic E-state index is 0.0548. The minimum atomic E-state index is -1.72. The third kappa shape index (κ3) is 9.17. The van der Waals surface area contributed by atoms with Gasteiger partial charge in [0.15, 0.2) is 18.7 Å². The first-order chi connectivity index (χ1) is 20.3. The van der Waals surface area contributed by atoms with Crippen LogP contribution in [0.4, 0.5) is 0 Å². The Balaban J connectivity index is 1.88. The highest BCUT2D eigenvalue weighted by Crippen LogP contribution is 2.34. The summed E-state index contributed by atoms with van der Waals surface area (Å²) in [5.41, 5.74) is 0.728. The second kappa shape index (κ2) is 15.4. The van der Waals surface area contributed by atoms with Crippen LogP contribution < -0.4 is 0 Å². The summed E-state index contributed by atoms with van der Waals surface area (Å²) >= 11 is 0. The molecule has 2 fully saturated rings. The van der Waals surface area contributed by atoms with Crippen LogP contribution >= 0.6 is 0 Å². The van der Waals surface area contributed by atoms with Crippen LogP contribution in [-0.4, -0.2) is 110 Å². The Morgan fingerprint density at radius 2 is 1.67 bits per heavy atom. The maximum Gasteiger partial charge on any atom is 0.331 e. The molecule has 0 aliphatic carbocycles. The molecule has 2 aliphatic rings. The van der Waals surface area contributed by atoms with Crippen LogP contribution in [0.1, 0.15) is 46.1 Å². The second-order valence-electron chi connectivity index (χ2n) is 11.3. The van der Waals surface area contributed by atoms with E-state index in [1.54, 1.807) is 25.1 Å². The Bertz CT molecular complexity index is 1120. The van der Waals surface area contributed by atoms with Gasteiger partial charge in [-0.3, -0.25) is 0 Å². The fourth-order valence-electron chi connectivity index (χ4n) is 4.76. The number of esters is 1. The first-order valence-electron chi connectivity index (χ1n) is 14.2. The molecule has 0 spiro atoms. The molecule has 0 aromatic heterocycles. The highest BCUT2D eigenvalue weighted by atomic mass is 16.7. The number of aliphatic hydroxyl groups excluding tert-OH is 5. The van der Waals surface area contributed by atoms with E-state index in [0.29, 0.717) is 18.4 Å². The van der Waals surface area contributed by atoms with E-state index in [0.717, 1.165) is 11.6 Å². The van der Waals surface area contributed by atoms with Gasteiger partial charge < -0.3 is 54.3 Å². The molecular formula is C31H44O12. The third-order valence-electron chi connectivity index (χ3n) is 7.46. The van der Waals surface area contributed by atoms with Crippen LogP contribution in [0.5, 0.6) is 5.75 Å². The molecule has 240 valence electrons. The molecule has 3 rings (SSSR count). The number of ether oxygens (including phenoxy) is 5.